The van der Waals surface area contributed by atoms with E-state index in [-0.39, 0.29) is 0 Å². The van der Waals surface area contributed by atoms with E-state index in [1.165, 1.54) is 13.2 Å². The minimum Gasteiger partial charge on any atom is -0.374 e. The fraction of sp³-hybridized carbons (Fsp3) is 0.600. The fourth-order valence-corrected chi connectivity index (χ4v) is 3.68. The van der Waals surface area contributed by atoms with E-state index in [1.807, 2.05) is 0 Å². The summed E-state index contributed by atoms with van der Waals surface area (Å²) in [5.41, 5.74) is -1.12. The molecule has 1 aromatic carbocycles. The lowest BCUT2D eigenvalue weighted by molar-refractivity contribution is -0.138. The van der Waals surface area contributed by atoms with Crippen LogP contribution in [0.1, 0.15) is 36.8 Å². The van der Waals surface area contributed by atoms with Gasteiger partial charge in [-0.3, -0.25) is 4.18 Å². The minimum atomic E-state index is -4.42. The highest BCUT2D eigenvalue weighted by Crippen LogP contribution is 2.42. The van der Waals surface area contributed by atoms with Gasteiger partial charge < -0.3 is 4.74 Å². The highest BCUT2D eigenvalue weighted by Gasteiger charge is 2.40. The van der Waals surface area contributed by atoms with Crippen LogP contribution in [0.2, 0.25) is 0 Å². The first-order chi connectivity index (χ1) is 10.6. The molecule has 0 spiro atoms. The molecule has 0 N–H and O–H groups in total. The van der Waals surface area contributed by atoms with Gasteiger partial charge in [-0.1, -0.05) is 12.1 Å². The Balaban J connectivity index is 2.21. The van der Waals surface area contributed by atoms with Crippen molar-refractivity contribution in [1.82, 2.24) is 0 Å². The molecule has 0 bridgehead atoms. The lowest BCUT2D eigenvalue weighted by Gasteiger charge is -2.39. The van der Waals surface area contributed by atoms with Gasteiger partial charge in [0.1, 0.15) is 0 Å². The normalized spacial score (nSPS) is 26.2. The van der Waals surface area contributed by atoms with Gasteiger partial charge in [0.2, 0.25) is 0 Å². The van der Waals surface area contributed by atoms with E-state index in [1.54, 1.807) is 6.07 Å². The summed E-state index contributed by atoms with van der Waals surface area (Å²) in [5.74, 6) is 0. The third-order valence-corrected chi connectivity index (χ3v) is 4.78. The topological polar surface area (TPSA) is 52.6 Å². The Hall–Kier alpha value is -1.12. The largest absolute Gasteiger partial charge is 0.416 e. The Bertz CT molecular complexity index is 647. The number of ether oxygens (including phenoxy) is 1. The molecular weight excluding hydrogens is 333 g/mol. The maximum Gasteiger partial charge on any atom is 0.416 e. The first-order valence-electron chi connectivity index (χ1n) is 7.17. The SMILES string of the molecule is COC1(c2cccc(C(F)(F)F)c2)CCC(OS(C)(=O)=O)CC1. The molecule has 0 aromatic heterocycles. The number of alkyl halides is 3. The second kappa shape index (κ2) is 6.41. The van der Waals surface area contributed by atoms with Crippen LogP contribution < -0.4 is 0 Å². The molecule has 0 aliphatic heterocycles. The summed E-state index contributed by atoms with van der Waals surface area (Å²) >= 11 is 0. The van der Waals surface area contributed by atoms with Crippen molar-refractivity contribution in [2.24, 2.45) is 0 Å². The van der Waals surface area contributed by atoms with Crippen molar-refractivity contribution in [3.63, 3.8) is 0 Å². The van der Waals surface area contributed by atoms with E-state index in [9.17, 15) is 21.6 Å². The Labute approximate surface area is 133 Å². The second-order valence-corrected chi connectivity index (χ2v) is 7.38. The number of benzene rings is 1. The highest BCUT2D eigenvalue weighted by atomic mass is 32.2. The van der Waals surface area contributed by atoms with Crippen LogP contribution in [0.15, 0.2) is 24.3 Å². The zero-order valence-corrected chi connectivity index (χ0v) is 13.7. The van der Waals surface area contributed by atoms with Crippen molar-refractivity contribution in [2.45, 2.75) is 43.6 Å². The zero-order chi connectivity index (χ0) is 17.3. The molecule has 1 saturated carbocycles. The molecule has 1 aliphatic carbocycles. The van der Waals surface area contributed by atoms with Gasteiger partial charge in [0.05, 0.1) is 23.5 Å². The van der Waals surface area contributed by atoms with Crippen molar-refractivity contribution in [3.8, 4) is 0 Å². The summed E-state index contributed by atoms with van der Waals surface area (Å²) < 4.78 is 71.5. The van der Waals surface area contributed by atoms with Crippen LogP contribution in [0.25, 0.3) is 0 Å². The van der Waals surface area contributed by atoms with Crippen LogP contribution in [0.5, 0.6) is 0 Å². The third-order valence-electron chi connectivity index (χ3n) is 4.16. The lowest BCUT2D eigenvalue weighted by Crippen LogP contribution is -2.37. The number of hydrogen-bond acceptors (Lipinski definition) is 4. The minimum absolute atomic E-state index is 0.394. The standard InChI is InChI=1S/C15H19F3O4S/c1-21-14(8-6-13(7-9-14)22-23(2,19)20)11-4-3-5-12(10-11)15(16,17)18/h3-5,10,13H,6-9H2,1-2H3. The summed E-state index contributed by atoms with van der Waals surface area (Å²) in [4.78, 5) is 0. The molecule has 130 valence electrons. The van der Waals surface area contributed by atoms with E-state index in [2.05, 4.69) is 0 Å². The van der Waals surface area contributed by atoms with Crippen LogP contribution in [0.4, 0.5) is 13.2 Å². The summed E-state index contributed by atoms with van der Waals surface area (Å²) in [6, 6.07) is 5.08. The second-order valence-electron chi connectivity index (χ2n) is 5.78. The van der Waals surface area contributed by atoms with Crippen molar-refractivity contribution in [2.75, 3.05) is 13.4 Å². The average Bonchev–Trinajstić information content (AvgIpc) is 2.46. The van der Waals surface area contributed by atoms with E-state index in [4.69, 9.17) is 8.92 Å². The first-order valence-corrected chi connectivity index (χ1v) is 8.98. The highest BCUT2D eigenvalue weighted by molar-refractivity contribution is 7.86. The number of halogens is 3. The maximum atomic E-state index is 12.9. The third kappa shape index (κ3) is 4.45. The van der Waals surface area contributed by atoms with Gasteiger partial charge in [-0.15, -0.1) is 0 Å². The molecule has 2 rings (SSSR count). The summed E-state index contributed by atoms with van der Waals surface area (Å²) in [6.45, 7) is 0. The zero-order valence-electron chi connectivity index (χ0n) is 12.9. The maximum absolute atomic E-state index is 12.9. The van der Waals surface area contributed by atoms with Gasteiger partial charge in [0.15, 0.2) is 0 Å². The first kappa shape index (κ1) is 18.2. The van der Waals surface area contributed by atoms with Crippen LogP contribution in [-0.2, 0) is 30.8 Å². The van der Waals surface area contributed by atoms with Crippen LogP contribution >= 0.6 is 0 Å². The van der Waals surface area contributed by atoms with Crippen LogP contribution in [0.3, 0.4) is 0 Å². The molecule has 1 aliphatic rings. The number of hydrogen-bond donors (Lipinski definition) is 0. The Morgan fingerprint density at radius 2 is 1.83 bits per heavy atom. The fourth-order valence-electron chi connectivity index (χ4n) is 2.99. The molecule has 1 fully saturated rings. The molecular formula is C15H19F3O4S. The molecule has 4 nitrogen and oxygen atoms in total. The summed E-state index contributed by atoms with van der Waals surface area (Å²) in [7, 11) is -2.09. The van der Waals surface area contributed by atoms with E-state index < -0.39 is 33.6 Å². The smallest absolute Gasteiger partial charge is 0.374 e. The van der Waals surface area contributed by atoms with E-state index >= 15 is 0 Å². The van der Waals surface area contributed by atoms with Crippen LogP contribution in [0, 0.1) is 0 Å². The Kier molecular flexibility index (Phi) is 5.08. The monoisotopic (exact) mass is 352 g/mol. The van der Waals surface area contributed by atoms with Crippen molar-refractivity contribution in [3.05, 3.63) is 35.4 Å². The number of rotatable bonds is 4. The molecule has 8 heteroatoms. The Morgan fingerprint density at radius 3 is 2.30 bits per heavy atom. The molecule has 0 amide bonds. The van der Waals surface area contributed by atoms with E-state index in [0.717, 1.165) is 18.4 Å². The van der Waals surface area contributed by atoms with Gasteiger partial charge in [0.25, 0.3) is 10.1 Å². The molecule has 0 atom stereocenters. The lowest BCUT2D eigenvalue weighted by atomic mass is 9.78. The molecule has 0 saturated heterocycles. The quantitative estimate of drug-likeness (QED) is 0.779. The number of methoxy groups -OCH3 is 1. The summed E-state index contributed by atoms with van der Waals surface area (Å²) in [5, 5.41) is 0. The average molecular weight is 352 g/mol. The van der Waals surface area contributed by atoms with Crippen LogP contribution in [-0.4, -0.2) is 27.9 Å². The molecule has 0 radical (unpaired) electrons. The van der Waals surface area contributed by atoms with Gasteiger partial charge in [0, 0.05) is 7.11 Å². The van der Waals surface area contributed by atoms with E-state index in [0.29, 0.717) is 31.2 Å². The molecule has 1 aromatic rings. The van der Waals surface area contributed by atoms with Crippen molar-refractivity contribution in [1.29, 1.82) is 0 Å². The van der Waals surface area contributed by atoms with Gasteiger partial charge in [-0.25, -0.2) is 0 Å². The predicted octanol–water partition coefficient (Wildman–Crippen LogP) is 3.47. The Morgan fingerprint density at radius 1 is 1.22 bits per heavy atom. The van der Waals surface area contributed by atoms with Gasteiger partial charge >= 0.3 is 6.18 Å². The van der Waals surface area contributed by atoms with Crippen molar-refractivity contribution < 1.29 is 30.5 Å². The predicted molar refractivity (Wildman–Crippen MR) is 78.3 cm³/mol. The van der Waals surface area contributed by atoms with Crippen molar-refractivity contribution >= 4 is 10.1 Å². The van der Waals surface area contributed by atoms with Gasteiger partial charge in [-0.05, 0) is 43.4 Å². The molecule has 0 unspecified atom stereocenters. The molecule has 0 heterocycles. The summed E-state index contributed by atoms with van der Waals surface area (Å²) in [6.07, 6.45) is -2.30. The molecule has 23 heavy (non-hydrogen) atoms. The van der Waals surface area contributed by atoms with Gasteiger partial charge in [-0.2, -0.15) is 21.6 Å².